The molecule has 11 atom stereocenters. The summed E-state index contributed by atoms with van der Waals surface area (Å²) in [7, 11) is 0. The first kappa shape index (κ1) is 63.8. The molecule has 0 unspecified atom stereocenters. The highest BCUT2D eigenvalue weighted by Crippen LogP contribution is 2.14. The van der Waals surface area contributed by atoms with Gasteiger partial charge in [0.15, 0.2) is 0 Å². The molecular formula is C48H81N11O13. The molecule has 0 radical (unpaired) electrons. The highest BCUT2D eigenvalue weighted by atomic mass is 16.4. The van der Waals surface area contributed by atoms with Gasteiger partial charge >= 0.3 is 5.97 Å². The van der Waals surface area contributed by atoms with Gasteiger partial charge in [-0.3, -0.25) is 43.2 Å². The number of aliphatic hydroxyl groups is 2. The third-order valence-electron chi connectivity index (χ3n) is 12.1. The summed E-state index contributed by atoms with van der Waals surface area (Å²) in [6.07, 6.45) is 0.320. The maximum atomic E-state index is 14.2. The van der Waals surface area contributed by atoms with Crippen molar-refractivity contribution in [2.24, 2.45) is 35.1 Å². The lowest BCUT2D eigenvalue weighted by atomic mass is 9.95. The Hall–Kier alpha value is -6.24. The molecule has 72 heavy (non-hydrogen) atoms. The molecule has 406 valence electrons. The van der Waals surface area contributed by atoms with E-state index in [4.69, 9.17) is 11.5 Å². The summed E-state index contributed by atoms with van der Waals surface area (Å²) in [5.74, 6) is -10.7. The number of hydrogen-bond acceptors (Lipinski definition) is 14. The van der Waals surface area contributed by atoms with Crippen molar-refractivity contribution in [1.82, 2.24) is 47.9 Å². The van der Waals surface area contributed by atoms with E-state index in [1.54, 1.807) is 85.7 Å². The van der Waals surface area contributed by atoms with Crippen LogP contribution < -0.4 is 59.3 Å². The predicted octanol–water partition coefficient (Wildman–Crippen LogP) is -2.83. The van der Waals surface area contributed by atoms with E-state index >= 15 is 0 Å². The van der Waals surface area contributed by atoms with Crippen molar-refractivity contribution in [3.8, 4) is 0 Å². The third-order valence-corrected chi connectivity index (χ3v) is 12.1. The Kier molecular flexibility index (Phi) is 28.9. The van der Waals surface area contributed by atoms with Gasteiger partial charge in [0.25, 0.3) is 0 Å². The van der Waals surface area contributed by atoms with Crippen LogP contribution in [0.1, 0.15) is 100.0 Å². The molecule has 0 bridgehead atoms. The molecule has 0 saturated carbocycles. The molecule has 0 spiro atoms. The average Bonchev–Trinajstić information content (AvgIpc) is 3.34. The molecule has 0 aliphatic carbocycles. The van der Waals surface area contributed by atoms with Gasteiger partial charge in [0, 0.05) is 6.42 Å². The number of aliphatic hydroxyl groups excluding tert-OH is 2. The van der Waals surface area contributed by atoms with Crippen LogP contribution in [0.3, 0.4) is 0 Å². The van der Waals surface area contributed by atoms with Crippen LogP contribution >= 0.6 is 0 Å². The number of benzene rings is 1. The maximum absolute atomic E-state index is 14.2. The summed E-state index contributed by atoms with van der Waals surface area (Å²) < 4.78 is 0. The number of amides is 9. The lowest BCUT2D eigenvalue weighted by molar-refractivity contribution is -0.144. The molecule has 9 amide bonds. The Morgan fingerprint density at radius 3 is 1.51 bits per heavy atom. The van der Waals surface area contributed by atoms with Crippen molar-refractivity contribution in [2.75, 3.05) is 26.2 Å². The number of unbranched alkanes of at least 4 members (excludes halogenated alkanes) is 1. The standard InChI is InChI=1S/C48H81N11O13/c1-10-27(7)38(46(69)59-39(48(71)72)28(8)11-2)58-43(66)33(24-60)52-35(63)23-51-44(67)36(25(3)4)56-42(65)32(21-30-17-13-12-14-18-30)54-41(64)31(19-15-16-20-49)53-45(68)37(26(5)6)57-47(70)40(29(9)61)55-34(62)22-50/h12-14,17-18,25-29,31-33,36-40,60-61H,10-11,15-16,19-24,49-50H2,1-9H3,(H,51,67)(H,52,63)(H,53,68)(H,54,64)(H,55,62)(H,56,65)(H,57,70)(H,58,66)(H,59,69)(H,71,72)/t27-,28-,29+,31-,32-,33-,36-,37-,38-,39-,40-/m0/s1. The first-order valence-corrected chi connectivity index (χ1v) is 24.5. The molecular weight excluding hydrogens is 939 g/mol. The maximum Gasteiger partial charge on any atom is 0.326 e. The molecule has 0 aromatic heterocycles. The Balaban J connectivity index is 3.30. The minimum atomic E-state index is -1.58. The van der Waals surface area contributed by atoms with Crippen LogP contribution in [0.4, 0.5) is 0 Å². The molecule has 0 aliphatic heterocycles. The zero-order valence-corrected chi connectivity index (χ0v) is 43.0. The number of nitrogens with two attached hydrogens (primary N) is 2. The Labute approximate surface area is 421 Å². The van der Waals surface area contributed by atoms with E-state index < -0.39 is 157 Å². The van der Waals surface area contributed by atoms with Crippen molar-refractivity contribution < 1.29 is 63.3 Å². The molecule has 24 heteroatoms. The van der Waals surface area contributed by atoms with Gasteiger partial charge in [-0.25, -0.2) is 4.79 Å². The Morgan fingerprint density at radius 2 is 1.00 bits per heavy atom. The van der Waals surface area contributed by atoms with Crippen LogP contribution in [-0.2, 0) is 54.4 Å². The normalized spacial score (nSPS) is 15.8. The molecule has 0 saturated heterocycles. The van der Waals surface area contributed by atoms with Crippen molar-refractivity contribution in [3.05, 3.63) is 35.9 Å². The summed E-state index contributed by atoms with van der Waals surface area (Å²) in [6.45, 7) is 12.8. The lowest BCUT2D eigenvalue weighted by Gasteiger charge is -2.29. The molecule has 16 N–H and O–H groups in total. The van der Waals surface area contributed by atoms with Gasteiger partial charge in [0.1, 0.15) is 48.3 Å². The fraction of sp³-hybridized carbons (Fsp3) is 0.667. The number of hydrogen-bond donors (Lipinski definition) is 14. The van der Waals surface area contributed by atoms with Crippen LogP contribution in [0.15, 0.2) is 30.3 Å². The van der Waals surface area contributed by atoms with Gasteiger partial charge in [-0.2, -0.15) is 0 Å². The van der Waals surface area contributed by atoms with E-state index in [-0.39, 0.29) is 19.4 Å². The second kappa shape index (κ2) is 32.7. The molecule has 0 fully saturated rings. The summed E-state index contributed by atoms with van der Waals surface area (Å²) in [5.41, 5.74) is 11.7. The monoisotopic (exact) mass is 1020 g/mol. The molecule has 1 aromatic carbocycles. The Morgan fingerprint density at radius 1 is 0.528 bits per heavy atom. The van der Waals surface area contributed by atoms with Crippen LogP contribution in [0.5, 0.6) is 0 Å². The second-order valence-electron chi connectivity index (χ2n) is 18.6. The first-order chi connectivity index (χ1) is 33.9. The fourth-order valence-corrected chi connectivity index (χ4v) is 7.16. The summed E-state index contributed by atoms with van der Waals surface area (Å²) >= 11 is 0. The quantitative estimate of drug-likeness (QED) is 0.0316. The average molecular weight is 1020 g/mol. The third kappa shape index (κ3) is 21.6. The number of aliphatic carboxylic acids is 1. The van der Waals surface area contributed by atoms with Gasteiger partial charge in [0.2, 0.25) is 53.2 Å². The number of nitrogens with one attached hydrogen (secondary N) is 9. The first-order valence-electron chi connectivity index (χ1n) is 24.5. The van der Waals surface area contributed by atoms with Gasteiger partial charge < -0.3 is 74.6 Å². The number of carboxylic acids is 1. The second-order valence-corrected chi connectivity index (χ2v) is 18.6. The zero-order valence-electron chi connectivity index (χ0n) is 43.0. The van der Waals surface area contributed by atoms with Crippen LogP contribution in [0, 0.1) is 23.7 Å². The van der Waals surface area contributed by atoms with Crippen molar-refractivity contribution in [2.45, 2.75) is 155 Å². The zero-order chi connectivity index (χ0) is 54.8. The van der Waals surface area contributed by atoms with Crippen LogP contribution in [0.2, 0.25) is 0 Å². The fourth-order valence-electron chi connectivity index (χ4n) is 7.16. The summed E-state index contributed by atoms with van der Waals surface area (Å²) in [5, 5.41) is 52.5. The summed E-state index contributed by atoms with van der Waals surface area (Å²) in [4.78, 5) is 133. The highest BCUT2D eigenvalue weighted by Gasteiger charge is 2.37. The smallest absolute Gasteiger partial charge is 0.326 e. The molecule has 0 aliphatic rings. The SMILES string of the molecule is CC[C@H](C)[C@H](NC(=O)[C@@H](NC(=O)[C@H](CO)NC(=O)CNC(=O)[C@@H](NC(=O)[C@H](Cc1ccccc1)NC(=O)[C@H](CCCCN)NC(=O)[C@@H](NC(=O)[C@@H](NC(=O)CN)[C@@H](C)O)C(C)C)C(C)C)[C@@H](C)CC)C(=O)O. The van der Waals surface area contributed by atoms with Crippen LogP contribution in [-0.4, -0.2) is 155 Å². The Bertz CT molecular complexity index is 1960. The van der Waals surface area contributed by atoms with E-state index in [0.29, 0.717) is 31.2 Å². The predicted molar refractivity (Wildman–Crippen MR) is 266 cm³/mol. The van der Waals surface area contributed by atoms with Gasteiger partial charge in [-0.05, 0) is 62.0 Å². The largest absolute Gasteiger partial charge is 0.480 e. The minimum Gasteiger partial charge on any atom is -0.480 e. The number of carboxylic acid groups (broad SMARTS) is 1. The van der Waals surface area contributed by atoms with Gasteiger partial charge in [-0.1, -0.05) is 98.6 Å². The highest BCUT2D eigenvalue weighted by molar-refractivity contribution is 5.98. The molecule has 24 nitrogen and oxygen atoms in total. The number of carbonyl (C=O) groups excluding carboxylic acids is 9. The lowest BCUT2D eigenvalue weighted by Crippen LogP contribution is -2.61. The van der Waals surface area contributed by atoms with E-state index in [1.165, 1.54) is 6.92 Å². The topological polar surface area (TPSA) is 392 Å². The minimum absolute atomic E-state index is 0.0628. The van der Waals surface area contributed by atoms with Crippen molar-refractivity contribution >= 4 is 59.1 Å². The van der Waals surface area contributed by atoms with Gasteiger partial charge in [0.05, 0.1) is 25.8 Å². The van der Waals surface area contributed by atoms with Crippen molar-refractivity contribution in [1.29, 1.82) is 0 Å². The van der Waals surface area contributed by atoms with E-state index in [9.17, 15) is 63.3 Å². The van der Waals surface area contributed by atoms with Crippen LogP contribution in [0.25, 0.3) is 0 Å². The summed E-state index contributed by atoms with van der Waals surface area (Å²) in [6, 6.07) is -2.00. The molecule has 1 aromatic rings. The number of rotatable bonds is 33. The van der Waals surface area contributed by atoms with E-state index in [1.807, 2.05) is 0 Å². The van der Waals surface area contributed by atoms with E-state index in [2.05, 4.69) is 47.9 Å². The van der Waals surface area contributed by atoms with Crippen molar-refractivity contribution in [3.63, 3.8) is 0 Å². The number of carbonyl (C=O) groups is 10. The molecule has 0 heterocycles. The van der Waals surface area contributed by atoms with Gasteiger partial charge in [-0.15, -0.1) is 0 Å². The molecule has 1 rings (SSSR count). The van der Waals surface area contributed by atoms with E-state index in [0.717, 1.165) is 0 Å².